The SMILES string of the molecule is CCOC(=O)c1cnc(C(=N)c2cccc(OC(F)F)c2)c(N)c1. The summed E-state index contributed by atoms with van der Waals surface area (Å²) in [6.45, 7) is -1.07. The Bertz CT molecular complexity index is 766. The third kappa shape index (κ3) is 4.03. The van der Waals surface area contributed by atoms with E-state index in [2.05, 4.69) is 9.72 Å². The van der Waals surface area contributed by atoms with E-state index in [0.717, 1.165) is 0 Å². The molecule has 126 valence electrons. The summed E-state index contributed by atoms with van der Waals surface area (Å²) in [5.41, 5.74) is 6.46. The normalized spacial score (nSPS) is 10.5. The Morgan fingerprint density at radius 3 is 2.71 bits per heavy atom. The Balaban J connectivity index is 2.28. The van der Waals surface area contributed by atoms with Gasteiger partial charge in [-0.15, -0.1) is 0 Å². The van der Waals surface area contributed by atoms with E-state index in [4.69, 9.17) is 15.9 Å². The van der Waals surface area contributed by atoms with Crippen molar-refractivity contribution in [1.82, 2.24) is 4.98 Å². The molecule has 0 saturated heterocycles. The van der Waals surface area contributed by atoms with Crippen LogP contribution in [0.4, 0.5) is 14.5 Å². The highest BCUT2D eigenvalue weighted by Gasteiger charge is 2.15. The van der Waals surface area contributed by atoms with Gasteiger partial charge in [-0.05, 0) is 25.1 Å². The molecule has 0 unspecified atom stereocenters. The Labute approximate surface area is 136 Å². The van der Waals surface area contributed by atoms with E-state index < -0.39 is 12.6 Å². The van der Waals surface area contributed by atoms with Crippen molar-refractivity contribution in [1.29, 1.82) is 5.41 Å². The third-order valence-electron chi connectivity index (χ3n) is 3.01. The smallest absolute Gasteiger partial charge is 0.387 e. The van der Waals surface area contributed by atoms with E-state index in [-0.39, 0.29) is 35.0 Å². The van der Waals surface area contributed by atoms with Crippen LogP contribution in [0.5, 0.6) is 5.75 Å². The average Bonchev–Trinajstić information content (AvgIpc) is 2.54. The average molecular weight is 335 g/mol. The molecule has 0 bridgehead atoms. The standard InChI is InChI=1S/C16H15F2N3O3/c1-2-23-15(22)10-7-12(19)14(21-8-10)13(20)9-4-3-5-11(6-9)24-16(17)18/h3-8,16,20H,2,19H2,1H3. The summed E-state index contributed by atoms with van der Waals surface area (Å²) in [4.78, 5) is 15.6. The molecule has 0 aliphatic heterocycles. The number of pyridine rings is 1. The molecule has 0 aliphatic rings. The molecule has 0 fully saturated rings. The van der Waals surface area contributed by atoms with Gasteiger partial charge in [0.25, 0.3) is 0 Å². The number of hydrogen-bond acceptors (Lipinski definition) is 6. The molecule has 24 heavy (non-hydrogen) atoms. The van der Waals surface area contributed by atoms with Gasteiger partial charge in [0, 0.05) is 11.8 Å². The second-order valence-corrected chi connectivity index (χ2v) is 4.66. The molecule has 3 N–H and O–H groups in total. The molecule has 0 aliphatic carbocycles. The number of esters is 1. The van der Waals surface area contributed by atoms with Crippen LogP contribution in [0.15, 0.2) is 36.5 Å². The molecule has 8 heteroatoms. The minimum absolute atomic E-state index is 0.0750. The lowest BCUT2D eigenvalue weighted by molar-refractivity contribution is -0.0498. The summed E-state index contributed by atoms with van der Waals surface area (Å²) in [6.07, 6.45) is 1.25. The molecule has 0 radical (unpaired) electrons. The topological polar surface area (TPSA) is 98.3 Å². The first-order chi connectivity index (χ1) is 11.4. The van der Waals surface area contributed by atoms with Gasteiger partial charge in [0.15, 0.2) is 0 Å². The minimum atomic E-state index is -2.96. The van der Waals surface area contributed by atoms with Crippen LogP contribution in [-0.4, -0.2) is 29.9 Å². The summed E-state index contributed by atoms with van der Waals surface area (Å²) < 4.78 is 33.7. The van der Waals surface area contributed by atoms with Crippen molar-refractivity contribution < 1.29 is 23.0 Å². The maximum Gasteiger partial charge on any atom is 0.387 e. The van der Waals surface area contributed by atoms with Crippen LogP contribution in [0, 0.1) is 5.41 Å². The van der Waals surface area contributed by atoms with Gasteiger partial charge in [0.05, 0.1) is 23.6 Å². The van der Waals surface area contributed by atoms with Crippen molar-refractivity contribution in [3.8, 4) is 5.75 Å². The molecule has 2 aromatic rings. The molecule has 6 nitrogen and oxygen atoms in total. The number of alkyl halides is 2. The van der Waals surface area contributed by atoms with Crippen LogP contribution in [0.2, 0.25) is 0 Å². The number of anilines is 1. The van der Waals surface area contributed by atoms with E-state index >= 15 is 0 Å². The van der Waals surface area contributed by atoms with Gasteiger partial charge in [-0.25, -0.2) is 4.79 Å². The quantitative estimate of drug-likeness (QED) is 0.625. The van der Waals surface area contributed by atoms with E-state index in [1.165, 1.54) is 30.5 Å². The summed E-state index contributed by atoms with van der Waals surface area (Å²) >= 11 is 0. The van der Waals surface area contributed by atoms with E-state index in [1.807, 2.05) is 0 Å². The van der Waals surface area contributed by atoms with Gasteiger partial charge in [-0.1, -0.05) is 12.1 Å². The Kier molecular flexibility index (Phi) is 5.41. The number of hydrogen-bond donors (Lipinski definition) is 2. The van der Waals surface area contributed by atoms with Gasteiger partial charge in [0.2, 0.25) is 0 Å². The molecule has 1 aromatic carbocycles. The van der Waals surface area contributed by atoms with E-state index in [1.54, 1.807) is 13.0 Å². The first kappa shape index (κ1) is 17.3. The molecular weight excluding hydrogens is 320 g/mol. The lowest BCUT2D eigenvalue weighted by atomic mass is 10.0. The summed E-state index contributed by atoms with van der Waals surface area (Å²) in [5, 5.41) is 8.15. The van der Waals surface area contributed by atoms with Crippen molar-refractivity contribution in [2.24, 2.45) is 0 Å². The van der Waals surface area contributed by atoms with Crippen LogP contribution in [0.25, 0.3) is 0 Å². The zero-order chi connectivity index (χ0) is 17.7. The Morgan fingerprint density at radius 2 is 2.08 bits per heavy atom. The van der Waals surface area contributed by atoms with Gasteiger partial charge in [-0.3, -0.25) is 10.4 Å². The zero-order valence-electron chi connectivity index (χ0n) is 12.8. The molecule has 0 atom stereocenters. The lowest BCUT2D eigenvalue weighted by Crippen LogP contribution is -2.12. The number of rotatable bonds is 6. The van der Waals surface area contributed by atoms with Crippen LogP contribution >= 0.6 is 0 Å². The fourth-order valence-electron chi connectivity index (χ4n) is 1.98. The van der Waals surface area contributed by atoms with Crippen LogP contribution < -0.4 is 10.5 Å². The first-order valence-corrected chi connectivity index (χ1v) is 6.99. The molecule has 0 amide bonds. The second-order valence-electron chi connectivity index (χ2n) is 4.66. The maximum atomic E-state index is 12.3. The number of carbonyl (C=O) groups is 1. The van der Waals surface area contributed by atoms with Crippen LogP contribution in [0.1, 0.15) is 28.5 Å². The predicted octanol–water partition coefficient (Wildman–Crippen LogP) is 2.86. The number of benzene rings is 1. The van der Waals surface area contributed by atoms with Gasteiger partial charge in [-0.2, -0.15) is 8.78 Å². The van der Waals surface area contributed by atoms with Crippen LogP contribution in [0.3, 0.4) is 0 Å². The van der Waals surface area contributed by atoms with E-state index in [0.29, 0.717) is 5.56 Å². The van der Waals surface area contributed by atoms with Crippen molar-refractivity contribution in [2.45, 2.75) is 13.5 Å². The molecule has 0 spiro atoms. The van der Waals surface area contributed by atoms with E-state index in [9.17, 15) is 13.6 Å². The zero-order valence-corrected chi connectivity index (χ0v) is 12.8. The third-order valence-corrected chi connectivity index (χ3v) is 3.01. The van der Waals surface area contributed by atoms with Crippen molar-refractivity contribution in [2.75, 3.05) is 12.3 Å². The van der Waals surface area contributed by atoms with Gasteiger partial charge >= 0.3 is 12.6 Å². The number of nitrogens with two attached hydrogens (primary N) is 1. The lowest BCUT2D eigenvalue weighted by Gasteiger charge is -2.10. The Hall–Kier alpha value is -3.03. The highest BCUT2D eigenvalue weighted by atomic mass is 19.3. The maximum absolute atomic E-state index is 12.3. The number of nitrogen functional groups attached to an aromatic ring is 1. The molecule has 1 aromatic heterocycles. The highest BCUT2D eigenvalue weighted by molar-refractivity contribution is 6.13. The number of nitrogens with one attached hydrogen (secondary N) is 1. The van der Waals surface area contributed by atoms with Crippen LogP contribution in [-0.2, 0) is 4.74 Å². The first-order valence-electron chi connectivity index (χ1n) is 6.99. The largest absolute Gasteiger partial charge is 0.462 e. The van der Waals surface area contributed by atoms with Gasteiger partial charge in [0.1, 0.15) is 11.4 Å². The summed E-state index contributed by atoms with van der Waals surface area (Å²) in [7, 11) is 0. The second kappa shape index (κ2) is 7.49. The minimum Gasteiger partial charge on any atom is -0.462 e. The fourth-order valence-corrected chi connectivity index (χ4v) is 1.98. The summed E-state index contributed by atoms with van der Waals surface area (Å²) in [5.74, 6) is -0.643. The number of aromatic nitrogens is 1. The number of carbonyl (C=O) groups excluding carboxylic acids is 1. The molecule has 2 rings (SSSR count). The molecular formula is C16H15F2N3O3. The van der Waals surface area contributed by atoms with Gasteiger partial charge < -0.3 is 15.2 Å². The molecule has 1 heterocycles. The monoisotopic (exact) mass is 335 g/mol. The van der Waals surface area contributed by atoms with Crippen molar-refractivity contribution in [3.05, 3.63) is 53.3 Å². The highest BCUT2D eigenvalue weighted by Crippen LogP contribution is 2.21. The number of nitrogens with zero attached hydrogens (tertiary/aromatic N) is 1. The number of ether oxygens (including phenoxy) is 2. The predicted molar refractivity (Wildman–Crippen MR) is 83.6 cm³/mol. The Morgan fingerprint density at radius 1 is 1.33 bits per heavy atom. The fraction of sp³-hybridized carbons (Fsp3) is 0.188. The summed E-state index contributed by atoms with van der Waals surface area (Å²) in [6, 6.07) is 7.01. The number of halogens is 2. The van der Waals surface area contributed by atoms with Crippen molar-refractivity contribution in [3.63, 3.8) is 0 Å². The molecule has 0 saturated carbocycles. The van der Waals surface area contributed by atoms with Crippen molar-refractivity contribution >= 4 is 17.4 Å².